The lowest BCUT2D eigenvalue weighted by Gasteiger charge is -2.32. The Morgan fingerprint density at radius 2 is 1.67 bits per heavy atom. The lowest BCUT2D eigenvalue weighted by molar-refractivity contribution is -0.114. The standard InChI is InChI=1S/C22H19N3O4S/c1-14-10-11-19-17(12-14)15-6-3-5-9-20(15)30(28,29)25(19)13-21(26)24-18-8-4-2-7-16(18)22(23)27/h2-12H,13H2,1H3,(H2,23,27)(H,24,26). The van der Waals surface area contributed by atoms with Gasteiger partial charge in [0, 0.05) is 11.1 Å². The highest BCUT2D eigenvalue weighted by Crippen LogP contribution is 2.43. The summed E-state index contributed by atoms with van der Waals surface area (Å²) >= 11 is 0. The van der Waals surface area contributed by atoms with Crippen molar-refractivity contribution < 1.29 is 18.0 Å². The number of nitrogens with one attached hydrogen (secondary N) is 1. The number of sulfonamides is 1. The number of aryl methyl sites for hydroxylation is 1. The summed E-state index contributed by atoms with van der Waals surface area (Å²) in [7, 11) is -3.94. The average molecular weight is 421 g/mol. The second kappa shape index (κ2) is 7.31. The Labute approximate surface area is 174 Å². The minimum absolute atomic E-state index is 0.147. The van der Waals surface area contributed by atoms with Crippen molar-refractivity contribution in [1.29, 1.82) is 0 Å². The minimum atomic E-state index is -3.94. The number of nitrogens with zero attached hydrogens (tertiary/aromatic N) is 1. The molecule has 0 saturated heterocycles. The van der Waals surface area contributed by atoms with Gasteiger partial charge in [-0.1, -0.05) is 42.0 Å². The Morgan fingerprint density at radius 1 is 0.967 bits per heavy atom. The summed E-state index contributed by atoms with van der Waals surface area (Å²) in [6, 6.07) is 18.4. The Morgan fingerprint density at radius 3 is 2.43 bits per heavy atom. The summed E-state index contributed by atoms with van der Waals surface area (Å²) in [5, 5.41) is 2.60. The van der Waals surface area contributed by atoms with Crippen LogP contribution in [0.2, 0.25) is 0 Å². The van der Waals surface area contributed by atoms with E-state index in [9.17, 15) is 18.0 Å². The minimum Gasteiger partial charge on any atom is -0.366 e. The number of hydrogen-bond donors (Lipinski definition) is 2. The maximum absolute atomic E-state index is 13.3. The van der Waals surface area contributed by atoms with Crippen LogP contribution in [0.1, 0.15) is 15.9 Å². The lowest BCUT2D eigenvalue weighted by atomic mass is 10.0. The molecule has 7 nitrogen and oxygen atoms in total. The maximum Gasteiger partial charge on any atom is 0.265 e. The third-order valence-electron chi connectivity index (χ3n) is 4.92. The topological polar surface area (TPSA) is 110 Å². The molecule has 2 amide bonds. The fourth-order valence-electron chi connectivity index (χ4n) is 3.54. The van der Waals surface area contributed by atoms with Gasteiger partial charge in [0.05, 0.1) is 21.8 Å². The van der Waals surface area contributed by atoms with Crippen LogP contribution in [-0.4, -0.2) is 26.8 Å². The molecular formula is C22H19N3O4S. The van der Waals surface area contributed by atoms with Crippen molar-refractivity contribution in [2.45, 2.75) is 11.8 Å². The first-order chi connectivity index (χ1) is 14.3. The summed E-state index contributed by atoms with van der Waals surface area (Å²) in [5.74, 6) is -1.27. The molecule has 3 aromatic carbocycles. The van der Waals surface area contributed by atoms with Gasteiger partial charge in [-0.25, -0.2) is 8.42 Å². The Hall–Kier alpha value is -3.65. The first-order valence-corrected chi connectivity index (χ1v) is 10.6. The van der Waals surface area contributed by atoms with Crippen molar-refractivity contribution in [2.24, 2.45) is 5.73 Å². The zero-order valence-electron chi connectivity index (χ0n) is 16.1. The lowest BCUT2D eigenvalue weighted by Crippen LogP contribution is -2.40. The molecule has 4 rings (SSSR count). The van der Waals surface area contributed by atoms with Gasteiger partial charge in [-0.05, 0) is 37.3 Å². The predicted octanol–water partition coefficient (Wildman–Crippen LogP) is 2.91. The molecule has 30 heavy (non-hydrogen) atoms. The number of amides is 2. The van der Waals surface area contributed by atoms with E-state index in [1.54, 1.807) is 42.5 Å². The highest BCUT2D eigenvalue weighted by atomic mass is 32.2. The van der Waals surface area contributed by atoms with Crippen molar-refractivity contribution in [3.63, 3.8) is 0 Å². The van der Waals surface area contributed by atoms with Crippen LogP contribution in [0.3, 0.4) is 0 Å². The van der Waals surface area contributed by atoms with E-state index in [-0.39, 0.29) is 16.1 Å². The molecule has 3 N–H and O–H groups in total. The van der Waals surface area contributed by atoms with Gasteiger partial charge in [-0.15, -0.1) is 0 Å². The van der Waals surface area contributed by atoms with Crippen molar-refractivity contribution in [3.05, 3.63) is 77.9 Å². The second-order valence-electron chi connectivity index (χ2n) is 6.99. The van der Waals surface area contributed by atoms with Crippen molar-refractivity contribution in [2.75, 3.05) is 16.2 Å². The quantitative estimate of drug-likeness (QED) is 0.675. The molecule has 0 atom stereocenters. The molecule has 0 radical (unpaired) electrons. The third kappa shape index (κ3) is 3.31. The van der Waals surface area contributed by atoms with Crippen LogP contribution >= 0.6 is 0 Å². The number of para-hydroxylation sites is 1. The first-order valence-electron chi connectivity index (χ1n) is 9.20. The molecule has 0 aliphatic carbocycles. The Balaban J connectivity index is 1.73. The van der Waals surface area contributed by atoms with Gasteiger partial charge < -0.3 is 11.1 Å². The fraction of sp³-hybridized carbons (Fsp3) is 0.0909. The van der Waals surface area contributed by atoms with Gasteiger partial charge in [0.1, 0.15) is 6.54 Å². The monoisotopic (exact) mass is 421 g/mol. The maximum atomic E-state index is 13.3. The predicted molar refractivity (Wildman–Crippen MR) is 115 cm³/mol. The van der Waals surface area contributed by atoms with E-state index in [0.717, 1.165) is 15.4 Å². The number of rotatable bonds is 4. The zero-order chi connectivity index (χ0) is 21.5. The third-order valence-corrected chi connectivity index (χ3v) is 6.74. The summed E-state index contributed by atoms with van der Waals surface area (Å²) in [5.41, 5.74) is 8.48. The smallest absolute Gasteiger partial charge is 0.265 e. The number of primary amides is 1. The van der Waals surface area contributed by atoms with Crippen LogP contribution in [0.4, 0.5) is 11.4 Å². The molecule has 152 valence electrons. The largest absolute Gasteiger partial charge is 0.366 e. The molecule has 1 aliphatic rings. The summed E-state index contributed by atoms with van der Waals surface area (Å²) in [6.07, 6.45) is 0. The molecule has 8 heteroatoms. The zero-order valence-corrected chi connectivity index (χ0v) is 16.9. The van der Waals surface area contributed by atoms with Crippen LogP contribution in [0, 0.1) is 6.92 Å². The first kappa shape index (κ1) is 19.7. The molecule has 1 aliphatic heterocycles. The Bertz CT molecular complexity index is 1290. The van der Waals surface area contributed by atoms with Gasteiger partial charge in [-0.3, -0.25) is 13.9 Å². The average Bonchev–Trinajstić information content (AvgIpc) is 2.71. The summed E-state index contributed by atoms with van der Waals surface area (Å²) < 4.78 is 27.7. The number of carbonyl (C=O) groups is 2. The van der Waals surface area contributed by atoms with E-state index in [2.05, 4.69) is 5.32 Å². The van der Waals surface area contributed by atoms with Crippen LogP contribution in [0.5, 0.6) is 0 Å². The van der Waals surface area contributed by atoms with E-state index in [4.69, 9.17) is 5.73 Å². The van der Waals surface area contributed by atoms with Crippen molar-refractivity contribution in [3.8, 4) is 11.1 Å². The van der Waals surface area contributed by atoms with Gasteiger partial charge in [0.2, 0.25) is 5.91 Å². The van der Waals surface area contributed by atoms with E-state index in [1.807, 2.05) is 13.0 Å². The van der Waals surface area contributed by atoms with Gasteiger partial charge >= 0.3 is 0 Å². The molecule has 0 unspecified atom stereocenters. The fourth-order valence-corrected chi connectivity index (χ4v) is 5.19. The molecule has 0 bridgehead atoms. The summed E-state index contributed by atoms with van der Waals surface area (Å²) in [6.45, 7) is 1.48. The van der Waals surface area contributed by atoms with Crippen LogP contribution < -0.4 is 15.4 Å². The number of fused-ring (bicyclic) bond motifs is 3. The highest BCUT2D eigenvalue weighted by molar-refractivity contribution is 7.93. The van der Waals surface area contributed by atoms with Gasteiger partial charge in [0.25, 0.3) is 15.9 Å². The second-order valence-corrected chi connectivity index (χ2v) is 8.82. The molecule has 1 heterocycles. The van der Waals surface area contributed by atoms with E-state index in [1.165, 1.54) is 18.2 Å². The summed E-state index contributed by atoms with van der Waals surface area (Å²) in [4.78, 5) is 24.5. The van der Waals surface area contributed by atoms with Crippen LogP contribution in [-0.2, 0) is 14.8 Å². The van der Waals surface area contributed by atoms with Crippen molar-refractivity contribution >= 4 is 33.2 Å². The van der Waals surface area contributed by atoms with Crippen LogP contribution in [0.25, 0.3) is 11.1 Å². The number of anilines is 2. The normalized spacial score (nSPS) is 13.8. The molecule has 3 aromatic rings. The van der Waals surface area contributed by atoms with Crippen LogP contribution in [0.15, 0.2) is 71.6 Å². The van der Waals surface area contributed by atoms with Gasteiger partial charge in [-0.2, -0.15) is 0 Å². The highest BCUT2D eigenvalue weighted by Gasteiger charge is 2.35. The van der Waals surface area contributed by atoms with Crippen molar-refractivity contribution in [1.82, 2.24) is 0 Å². The SMILES string of the molecule is Cc1ccc2c(c1)-c1ccccc1S(=O)(=O)N2CC(=O)Nc1ccccc1C(N)=O. The molecular weight excluding hydrogens is 402 g/mol. The number of benzene rings is 3. The number of carbonyl (C=O) groups excluding carboxylic acids is 2. The molecule has 0 spiro atoms. The van der Waals surface area contributed by atoms with Gasteiger partial charge in [0.15, 0.2) is 0 Å². The number of hydrogen-bond acceptors (Lipinski definition) is 4. The Kier molecular flexibility index (Phi) is 4.79. The van der Waals surface area contributed by atoms with E-state index < -0.39 is 28.4 Å². The van der Waals surface area contributed by atoms with E-state index in [0.29, 0.717) is 11.3 Å². The molecule has 0 aromatic heterocycles. The number of nitrogens with two attached hydrogens (primary N) is 1. The molecule has 0 fully saturated rings. The van der Waals surface area contributed by atoms with E-state index >= 15 is 0 Å². The molecule has 0 saturated carbocycles.